The first kappa shape index (κ1) is 14.6. The molecule has 2 aromatic rings. The quantitative estimate of drug-likeness (QED) is 0.859. The van der Waals surface area contributed by atoms with E-state index >= 15 is 0 Å². The summed E-state index contributed by atoms with van der Waals surface area (Å²) in [5, 5.41) is 4.75. The largest absolute Gasteiger partial charge is 0.444 e. The molecule has 2 rings (SSSR count). The highest BCUT2D eigenvalue weighted by atomic mass is 32.1. The highest BCUT2D eigenvalue weighted by molar-refractivity contribution is 7.09. The molecule has 1 atom stereocenters. The van der Waals surface area contributed by atoms with Crippen molar-refractivity contribution in [2.24, 2.45) is 5.73 Å². The average Bonchev–Trinajstić information content (AvgIpc) is 2.99. The smallest absolute Gasteiger partial charge is 0.407 e. The summed E-state index contributed by atoms with van der Waals surface area (Å²) in [7, 11) is 0. The van der Waals surface area contributed by atoms with Crippen LogP contribution in [0.3, 0.4) is 0 Å². The van der Waals surface area contributed by atoms with Gasteiger partial charge in [-0.1, -0.05) is 36.4 Å². The number of nitrogens with two attached hydrogens (primary N) is 1. The van der Waals surface area contributed by atoms with Crippen molar-refractivity contribution in [2.45, 2.75) is 19.1 Å². The van der Waals surface area contributed by atoms with Crippen molar-refractivity contribution < 1.29 is 9.53 Å². The molecule has 1 heterocycles. The Labute approximate surface area is 122 Å². The van der Waals surface area contributed by atoms with Crippen LogP contribution in [0.1, 0.15) is 10.4 Å². The molecule has 0 fully saturated rings. The summed E-state index contributed by atoms with van der Waals surface area (Å²) >= 11 is 1.56. The summed E-state index contributed by atoms with van der Waals surface area (Å²) in [5.41, 5.74) is 6.83. The monoisotopic (exact) mass is 290 g/mol. The fraction of sp³-hybridized carbons (Fsp3) is 0.267. The number of ether oxygens (including phenoxy) is 1. The Morgan fingerprint density at radius 2 is 2.05 bits per heavy atom. The molecule has 1 aromatic heterocycles. The number of rotatable bonds is 6. The second kappa shape index (κ2) is 7.67. The third-order valence-electron chi connectivity index (χ3n) is 2.86. The van der Waals surface area contributed by atoms with E-state index in [1.54, 1.807) is 11.3 Å². The van der Waals surface area contributed by atoms with Gasteiger partial charge in [-0.25, -0.2) is 4.79 Å². The van der Waals surface area contributed by atoms with E-state index in [1.807, 2.05) is 47.8 Å². The van der Waals surface area contributed by atoms with Crippen LogP contribution in [0.5, 0.6) is 0 Å². The van der Waals surface area contributed by atoms with Crippen LogP contribution in [-0.2, 0) is 17.8 Å². The summed E-state index contributed by atoms with van der Waals surface area (Å²) < 4.78 is 5.16. The van der Waals surface area contributed by atoms with Crippen molar-refractivity contribution in [3.63, 3.8) is 0 Å². The maximum atomic E-state index is 11.7. The molecule has 0 saturated carbocycles. The van der Waals surface area contributed by atoms with Crippen LogP contribution in [0.4, 0.5) is 4.79 Å². The molecule has 20 heavy (non-hydrogen) atoms. The van der Waals surface area contributed by atoms with Gasteiger partial charge in [0, 0.05) is 17.5 Å². The van der Waals surface area contributed by atoms with E-state index in [-0.39, 0.29) is 6.04 Å². The Kier molecular flexibility index (Phi) is 5.58. The molecule has 1 aromatic carbocycles. The minimum atomic E-state index is -0.426. The van der Waals surface area contributed by atoms with Crippen molar-refractivity contribution in [1.82, 2.24) is 5.32 Å². The van der Waals surface area contributed by atoms with Gasteiger partial charge in [0.1, 0.15) is 6.61 Å². The van der Waals surface area contributed by atoms with E-state index in [4.69, 9.17) is 10.5 Å². The average molecular weight is 290 g/mol. The fourth-order valence-corrected chi connectivity index (χ4v) is 2.45. The molecule has 0 spiro atoms. The van der Waals surface area contributed by atoms with Gasteiger partial charge in [-0.2, -0.15) is 0 Å². The van der Waals surface area contributed by atoms with Gasteiger partial charge in [-0.05, 0) is 23.4 Å². The Hall–Kier alpha value is -1.85. The van der Waals surface area contributed by atoms with Gasteiger partial charge >= 0.3 is 6.09 Å². The van der Waals surface area contributed by atoms with E-state index in [0.29, 0.717) is 19.6 Å². The van der Waals surface area contributed by atoms with Crippen molar-refractivity contribution in [2.75, 3.05) is 6.54 Å². The Morgan fingerprint density at radius 1 is 1.25 bits per heavy atom. The normalized spacial score (nSPS) is 11.8. The first-order chi connectivity index (χ1) is 9.78. The lowest BCUT2D eigenvalue weighted by Crippen LogP contribution is -2.41. The zero-order valence-corrected chi connectivity index (χ0v) is 11.9. The number of thiophene rings is 1. The van der Waals surface area contributed by atoms with Gasteiger partial charge < -0.3 is 15.8 Å². The molecule has 0 radical (unpaired) electrons. The number of hydrogen-bond acceptors (Lipinski definition) is 4. The van der Waals surface area contributed by atoms with E-state index in [1.165, 1.54) is 0 Å². The zero-order valence-electron chi connectivity index (χ0n) is 11.1. The van der Waals surface area contributed by atoms with Crippen molar-refractivity contribution >= 4 is 17.4 Å². The van der Waals surface area contributed by atoms with Crippen LogP contribution in [0.15, 0.2) is 47.8 Å². The first-order valence-corrected chi connectivity index (χ1v) is 7.35. The zero-order chi connectivity index (χ0) is 14.2. The van der Waals surface area contributed by atoms with E-state index < -0.39 is 6.09 Å². The minimum Gasteiger partial charge on any atom is -0.444 e. The van der Waals surface area contributed by atoms with Gasteiger partial charge in [0.15, 0.2) is 0 Å². The second-order valence-corrected chi connectivity index (χ2v) is 5.45. The first-order valence-electron chi connectivity index (χ1n) is 6.47. The summed E-state index contributed by atoms with van der Waals surface area (Å²) in [6.45, 7) is 0.676. The molecule has 1 amide bonds. The molecule has 0 aliphatic rings. The third kappa shape index (κ3) is 4.68. The Balaban J connectivity index is 1.79. The van der Waals surface area contributed by atoms with Crippen LogP contribution in [0.25, 0.3) is 0 Å². The van der Waals surface area contributed by atoms with Crippen LogP contribution in [0.2, 0.25) is 0 Å². The number of nitrogens with one attached hydrogen (secondary N) is 1. The lowest BCUT2D eigenvalue weighted by atomic mass is 10.1. The number of carbonyl (C=O) groups excluding carboxylic acids is 1. The Bertz CT molecular complexity index is 514. The predicted molar refractivity (Wildman–Crippen MR) is 80.6 cm³/mol. The standard InChI is InChI=1S/C15H18N2O2S/c16-10-13(9-12-5-2-1-3-6-12)17-15(18)19-11-14-7-4-8-20-14/h1-8,13H,9-11,16H2,(H,17,18). The van der Waals surface area contributed by atoms with Gasteiger partial charge in [0.05, 0.1) is 0 Å². The fourth-order valence-electron chi connectivity index (χ4n) is 1.83. The van der Waals surface area contributed by atoms with E-state index in [9.17, 15) is 4.79 Å². The summed E-state index contributed by atoms with van der Waals surface area (Å²) in [6, 6.07) is 13.7. The lowest BCUT2D eigenvalue weighted by Gasteiger charge is -2.16. The summed E-state index contributed by atoms with van der Waals surface area (Å²) in [5.74, 6) is 0. The van der Waals surface area contributed by atoms with Gasteiger partial charge in [0.25, 0.3) is 0 Å². The maximum absolute atomic E-state index is 11.7. The number of amides is 1. The topological polar surface area (TPSA) is 64.3 Å². The Morgan fingerprint density at radius 3 is 2.70 bits per heavy atom. The number of alkyl carbamates (subject to hydrolysis) is 1. The molecule has 0 saturated heterocycles. The number of benzene rings is 1. The van der Waals surface area contributed by atoms with Crippen LogP contribution < -0.4 is 11.1 Å². The minimum absolute atomic E-state index is 0.117. The summed E-state index contributed by atoms with van der Waals surface area (Å²) in [4.78, 5) is 12.7. The molecule has 1 unspecified atom stereocenters. The molecule has 0 bridgehead atoms. The van der Waals surface area contributed by atoms with E-state index in [0.717, 1.165) is 10.4 Å². The van der Waals surface area contributed by atoms with Gasteiger partial charge in [0.2, 0.25) is 0 Å². The van der Waals surface area contributed by atoms with Gasteiger partial charge in [-0.3, -0.25) is 0 Å². The molecule has 3 N–H and O–H groups in total. The molecule has 0 aliphatic heterocycles. The van der Waals surface area contributed by atoms with Gasteiger partial charge in [-0.15, -0.1) is 11.3 Å². The van der Waals surface area contributed by atoms with Crippen molar-refractivity contribution in [3.05, 3.63) is 58.3 Å². The molecule has 0 aliphatic carbocycles. The molecule has 4 nitrogen and oxygen atoms in total. The number of carbonyl (C=O) groups is 1. The lowest BCUT2D eigenvalue weighted by molar-refractivity contribution is 0.137. The van der Waals surface area contributed by atoms with Crippen LogP contribution in [-0.4, -0.2) is 18.7 Å². The number of hydrogen-bond donors (Lipinski definition) is 2. The highest BCUT2D eigenvalue weighted by Gasteiger charge is 2.12. The van der Waals surface area contributed by atoms with Crippen LogP contribution in [0, 0.1) is 0 Å². The van der Waals surface area contributed by atoms with Crippen molar-refractivity contribution in [1.29, 1.82) is 0 Å². The summed E-state index contributed by atoms with van der Waals surface area (Å²) in [6.07, 6.45) is 0.274. The van der Waals surface area contributed by atoms with Crippen molar-refractivity contribution in [3.8, 4) is 0 Å². The van der Waals surface area contributed by atoms with Crippen LogP contribution >= 0.6 is 11.3 Å². The predicted octanol–water partition coefficient (Wildman–Crippen LogP) is 2.54. The molecular formula is C15H18N2O2S. The maximum Gasteiger partial charge on any atom is 0.407 e. The second-order valence-electron chi connectivity index (χ2n) is 4.42. The molecule has 5 heteroatoms. The third-order valence-corrected chi connectivity index (χ3v) is 3.71. The SMILES string of the molecule is NCC(Cc1ccccc1)NC(=O)OCc1cccs1. The highest BCUT2D eigenvalue weighted by Crippen LogP contribution is 2.09. The van der Waals surface area contributed by atoms with E-state index in [2.05, 4.69) is 5.32 Å². The molecule has 106 valence electrons. The molecular weight excluding hydrogens is 272 g/mol.